The Kier molecular flexibility index (Phi) is 4.70. The molecular weight excluding hydrogens is 318 g/mol. The van der Waals surface area contributed by atoms with Crippen molar-refractivity contribution in [2.75, 3.05) is 5.32 Å². The minimum absolute atomic E-state index is 0.0820. The fourth-order valence-corrected chi connectivity index (χ4v) is 2.83. The van der Waals surface area contributed by atoms with Crippen LogP contribution in [0.3, 0.4) is 0 Å². The van der Waals surface area contributed by atoms with E-state index in [1.165, 1.54) is 6.92 Å². The Labute approximate surface area is 145 Å². The first-order valence-corrected chi connectivity index (χ1v) is 8.35. The number of rotatable bonds is 5. The normalized spacial score (nSPS) is 11.0. The number of aromatic nitrogens is 2. The first kappa shape index (κ1) is 17.0. The maximum Gasteiger partial charge on any atom is 0.261 e. The maximum atomic E-state index is 12.4. The summed E-state index contributed by atoms with van der Waals surface area (Å²) in [5.41, 5.74) is 2.13. The van der Waals surface area contributed by atoms with Crippen LogP contribution >= 0.6 is 0 Å². The van der Waals surface area contributed by atoms with Crippen molar-refractivity contribution in [2.24, 2.45) is 7.05 Å². The molecule has 1 amide bonds. The summed E-state index contributed by atoms with van der Waals surface area (Å²) in [6.07, 6.45) is 6.26. The molecule has 0 atom stereocenters. The largest absolute Gasteiger partial charge is 0.460 e. The minimum atomic E-state index is -0.185. The third-order valence-electron chi connectivity index (χ3n) is 4.05. The summed E-state index contributed by atoms with van der Waals surface area (Å²) in [5.74, 6) is 1.09. The second kappa shape index (κ2) is 6.93. The lowest BCUT2D eigenvalue weighted by Crippen LogP contribution is -2.15. The van der Waals surface area contributed by atoms with Crippen LogP contribution < -0.4 is 10.9 Å². The molecule has 6 nitrogen and oxygen atoms in total. The topological polar surface area (TPSA) is 77.1 Å². The highest BCUT2D eigenvalue weighted by atomic mass is 16.3. The van der Waals surface area contributed by atoms with E-state index in [9.17, 15) is 9.59 Å². The van der Waals surface area contributed by atoms with Gasteiger partial charge in [-0.2, -0.15) is 0 Å². The van der Waals surface area contributed by atoms with E-state index < -0.39 is 0 Å². The Morgan fingerprint density at radius 1 is 1.36 bits per heavy atom. The van der Waals surface area contributed by atoms with Crippen LogP contribution in [0.4, 0.5) is 5.82 Å². The number of carbonyl (C=O) groups excluding carboxylic acids is 1. The zero-order chi connectivity index (χ0) is 18.0. The van der Waals surface area contributed by atoms with Gasteiger partial charge in [-0.05, 0) is 30.2 Å². The van der Waals surface area contributed by atoms with Gasteiger partial charge in [-0.1, -0.05) is 13.3 Å². The number of nitrogens with one attached hydrogen (secondary N) is 1. The number of fused-ring (bicyclic) bond motifs is 1. The Hall–Kier alpha value is -2.89. The number of pyridine rings is 2. The lowest BCUT2D eigenvalue weighted by molar-refractivity contribution is -0.114. The number of nitrogens with zero attached hydrogens (tertiary/aromatic N) is 2. The SMILES string of the molecule is CCCCc1cc2c(=O)n(C)cc(-c3ccnc(NC(C)=O)c3)c2o1. The van der Waals surface area contributed by atoms with E-state index in [-0.39, 0.29) is 11.5 Å². The highest BCUT2D eigenvalue weighted by Gasteiger charge is 2.15. The van der Waals surface area contributed by atoms with E-state index in [0.717, 1.165) is 36.1 Å². The van der Waals surface area contributed by atoms with Crippen LogP contribution in [0.5, 0.6) is 0 Å². The Morgan fingerprint density at radius 2 is 2.16 bits per heavy atom. The first-order valence-electron chi connectivity index (χ1n) is 8.35. The van der Waals surface area contributed by atoms with Crippen LogP contribution in [-0.4, -0.2) is 15.5 Å². The summed E-state index contributed by atoms with van der Waals surface area (Å²) in [6, 6.07) is 5.44. The lowest BCUT2D eigenvalue weighted by atomic mass is 10.1. The number of carbonyl (C=O) groups is 1. The van der Waals surface area contributed by atoms with Crippen molar-refractivity contribution in [2.45, 2.75) is 33.1 Å². The number of hydrogen-bond acceptors (Lipinski definition) is 4. The molecule has 0 aliphatic carbocycles. The van der Waals surface area contributed by atoms with Gasteiger partial charge in [-0.3, -0.25) is 9.59 Å². The molecule has 3 rings (SSSR count). The van der Waals surface area contributed by atoms with Gasteiger partial charge in [0.2, 0.25) is 5.91 Å². The fourth-order valence-electron chi connectivity index (χ4n) is 2.83. The summed E-state index contributed by atoms with van der Waals surface area (Å²) in [6.45, 7) is 3.55. The van der Waals surface area contributed by atoms with Gasteiger partial charge in [-0.15, -0.1) is 0 Å². The van der Waals surface area contributed by atoms with Crippen LogP contribution in [-0.2, 0) is 18.3 Å². The molecule has 0 unspecified atom stereocenters. The van der Waals surface area contributed by atoms with E-state index >= 15 is 0 Å². The van der Waals surface area contributed by atoms with Crippen LogP contribution in [0.2, 0.25) is 0 Å². The van der Waals surface area contributed by atoms with Crippen LogP contribution in [0.1, 0.15) is 32.4 Å². The van der Waals surface area contributed by atoms with Crippen LogP contribution in [0.25, 0.3) is 22.1 Å². The highest BCUT2D eigenvalue weighted by molar-refractivity contribution is 5.93. The number of amides is 1. The molecule has 0 aromatic carbocycles. The van der Waals surface area contributed by atoms with Crippen molar-refractivity contribution in [3.8, 4) is 11.1 Å². The van der Waals surface area contributed by atoms with Gasteiger partial charge in [0.25, 0.3) is 5.56 Å². The molecule has 3 aromatic heterocycles. The average Bonchev–Trinajstić information content (AvgIpc) is 3.00. The number of furan rings is 1. The average molecular weight is 339 g/mol. The number of hydrogen-bond donors (Lipinski definition) is 1. The molecule has 0 saturated carbocycles. The monoisotopic (exact) mass is 339 g/mol. The smallest absolute Gasteiger partial charge is 0.261 e. The molecule has 3 heterocycles. The first-order chi connectivity index (χ1) is 12.0. The predicted molar refractivity (Wildman–Crippen MR) is 97.6 cm³/mol. The molecule has 25 heavy (non-hydrogen) atoms. The van der Waals surface area contributed by atoms with Crippen molar-refractivity contribution >= 4 is 22.7 Å². The van der Waals surface area contributed by atoms with Gasteiger partial charge in [-0.25, -0.2) is 4.98 Å². The predicted octanol–water partition coefficient (Wildman–Crippen LogP) is 3.49. The molecule has 0 radical (unpaired) electrons. The summed E-state index contributed by atoms with van der Waals surface area (Å²) < 4.78 is 7.54. The third kappa shape index (κ3) is 3.47. The lowest BCUT2D eigenvalue weighted by Gasteiger charge is -2.07. The van der Waals surface area contributed by atoms with Gasteiger partial charge >= 0.3 is 0 Å². The zero-order valence-electron chi connectivity index (χ0n) is 14.6. The van der Waals surface area contributed by atoms with Gasteiger partial charge in [0, 0.05) is 38.3 Å². The maximum absolute atomic E-state index is 12.4. The second-order valence-corrected chi connectivity index (χ2v) is 6.13. The van der Waals surface area contributed by atoms with Crippen LogP contribution in [0.15, 0.2) is 39.8 Å². The van der Waals surface area contributed by atoms with Crippen molar-refractivity contribution in [3.63, 3.8) is 0 Å². The van der Waals surface area contributed by atoms with E-state index in [1.54, 1.807) is 30.1 Å². The molecule has 0 bridgehead atoms. The molecule has 130 valence electrons. The molecule has 0 spiro atoms. The molecule has 3 aromatic rings. The number of anilines is 1. The van der Waals surface area contributed by atoms with Gasteiger partial charge in [0.05, 0.1) is 5.39 Å². The Balaban J connectivity index is 2.15. The Morgan fingerprint density at radius 3 is 2.88 bits per heavy atom. The standard InChI is InChI=1S/C19H21N3O3/c1-4-5-6-14-10-15-18(25-14)16(11-22(3)19(15)24)13-7-8-20-17(9-13)21-12(2)23/h7-11H,4-6H2,1-3H3,(H,20,21,23). The molecule has 0 aliphatic heterocycles. The van der Waals surface area contributed by atoms with Crippen LogP contribution in [0, 0.1) is 0 Å². The molecule has 0 aliphatic rings. The second-order valence-electron chi connectivity index (χ2n) is 6.13. The molecule has 6 heteroatoms. The van der Waals surface area contributed by atoms with Crippen molar-refractivity contribution < 1.29 is 9.21 Å². The van der Waals surface area contributed by atoms with Gasteiger partial charge in [0.1, 0.15) is 17.2 Å². The molecule has 0 fully saturated rings. The summed E-state index contributed by atoms with van der Waals surface area (Å²) in [7, 11) is 1.72. The fraction of sp³-hybridized carbons (Fsp3) is 0.316. The van der Waals surface area contributed by atoms with Gasteiger partial charge < -0.3 is 14.3 Å². The van der Waals surface area contributed by atoms with Crippen molar-refractivity contribution in [1.29, 1.82) is 0 Å². The van der Waals surface area contributed by atoms with E-state index in [1.807, 2.05) is 12.1 Å². The quantitative estimate of drug-likeness (QED) is 0.772. The minimum Gasteiger partial charge on any atom is -0.460 e. The van der Waals surface area contributed by atoms with Gasteiger partial charge in [0.15, 0.2) is 0 Å². The van der Waals surface area contributed by atoms with E-state index in [0.29, 0.717) is 16.8 Å². The highest BCUT2D eigenvalue weighted by Crippen LogP contribution is 2.30. The molecule has 1 N–H and O–H groups in total. The zero-order valence-corrected chi connectivity index (χ0v) is 14.6. The van der Waals surface area contributed by atoms with E-state index in [4.69, 9.17) is 4.42 Å². The number of aryl methyl sites for hydroxylation is 2. The molecular formula is C19H21N3O3. The number of unbranched alkanes of at least 4 members (excludes halogenated alkanes) is 1. The van der Waals surface area contributed by atoms with E-state index in [2.05, 4.69) is 17.2 Å². The summed E-state index contributed by atoms with van der Waals surface area (Å²) >= 11 is 0. The molecule has 0 saturated heterocycles. The van der Waals surface area contributed by atoms with Crippen molar-refractivity contribution in [1.82, 2.24) is 9.55 Å². The summed E-state index contributed by atoms with van der Waals surface area (Å²) in [4.78, 5) is 27.8. The van der Waals surface area contributed by atoms with Crippen molar-refractivity contribution in [3.05, 3.63) is 46.7 Å². The Bertz CT molecular complexity index is 985. The third-order valence-corrected chi connectivity index (χ3v) is 4.05. The summed E-state index contributed by atoms with van der Waals surface area (Å²) in [5, 5.41) is 3.25.